The van der Waals surface area contributed by atoms with Crippen molar-refractivity contribution in [2.24, 2.45) is 0 Å². The second-order valence-electron chi connectivity index (χ2n) is 6.92. The van der Waals surface area contributed by atoms with Gasteiger partial charge in [-0.25, -0.2) is 4.79 Å². The highest BCUT2D eigenvalue weighted by Crippen LogP contribution is 2.23. The van der Waals surface area contributed by atoms with Crippen LogP contribution < -0.4 is 10.6 Å². The number of para-hydroxylation sites is 1. The van der Waals surface area contributed by atoms with E-state index in [0.717, 1.165) is 16.7 Å². The third-order valence-corrected chi connectivity index (χ3v) is 4.72. The molecule has 1 heterocycles. The number of hydrogen-bond donors (Lipinski definition) is 2. The molecule has 0 spiro atoms. The normalized spacial score (nSPS) is 10.7. The maximum absolute atomic E-state index is 12.9. The third kappa shape index (κ3) is 4.72. The smallest absolute Gasteiger partial charge is 0.319 e. The highest BCUT2D eigenvalue weighted by molar-refractivity contribution is 5.90. The molecular formula is C24H22N4O2. The molecule has 4 aromatic rings. The highest BCUT2D eigenvalue weighted by atomic mass is 16.5. The van der Waals surface area contributed by atoms with Gasteiger partial charge >= 0.3 is 6.03 Å². The number of benzene rings is 3. The van der Waals surface area contributed by atoms with Crippen molar-refractivity contribution in [1.82, 2.24) is 15.5 Å². The average Bonchev–Trinajstić information content (AvgIpc) is 3.19. The quantitative estimate of drug-likeness (QED) is 0.485. The third-order valence-electron chi connectivity index (χ3n) is 4.72. The summed E-state index contributed by atoms with van der Waals surface area (Å²) in [7, 11) is 0. The first kappa shape index (κ1) is 19.4. The van der Waals surface area contributed by atoms with E-state index in [0.29, 0.717) is 23.8 Å². The number of nitrogens with one attached hydrogen (secondary N) is 2. The predicted octanol–water partition coefficient (Wildman–Crippen LogP) is 4.88. The summed E-state index contributed by atoms with van der Waals surface area (Å²) in [5.41, 5.74) is 3.61. The van der Waals surface area contributed by atoms with E-state index in [1.807, 2.05) is 84.9 Å². The van der Waals surface area contributed by atoms with E-state index in [1.54, 1.807) is 6.92 Å². The molecule has 4 rings (SSSR count). The molecular weight excluding hydrogens is 376 g/mol. The summed E-state index contributed by atoms with van der Waals surface area (Å²) in [5, 5.41) is 9.88. The van der Waals surface area contributed by atoms with Crippen molar-refractivity contribution in [2.75, 3.05) is 5.32 Å². The van der Waals surface area contributed by atoms with E-state index in [9.17, 15) is 4.79 Å². The topological polar surface area (TPSA) is 80.0 Å². The lowest BCUT2D eigenvalue weighted by molar-refractivity contribution is 0.250. The Morgan fingerprint density at radius 3 is 2.10 bits per heavy atom. The van der Waals surface area contributed by atoms with E-state index in [2.05, 4.69) is 20.8 Å². The van der Waals surface area contributed by atoms with Crippen LogP contribution in [-0.2, 0) is 6.42 Å². The van der Waals surface area contributed by atoms with Gasteiger partial charge in [0.25, 0.3) is 0 Å². The number of aryl methyl sites for hydroxylation is 1. The van der Waals surface area contributed by atoms with Crippen LogP contribution in [0.3, 0.4) is 0 Å². The number of hydrogen-bond acceptors (Lipinski definition) is 4. The molecule has 0 unspecified atom stereocenters. The van der Waals surface area contributed by atoms with Crippen LogP contribution in [0.1, 0.15) is 34.4 Å². The minimum Gasteiger partial charge on any atom is -0.339 e. The molecule has 2 amide bonds. The molecule has 0 aliphatic carbocycles. The zero-order valence-electron chi connectivity index (χ0n) is 16.6. The molecule has 150 valence electrons. The van der Waals surface area contributed by atoms with Crippen molar-refractivity contribution in [3.05, 3.63) is 113 Å². The summed E-state index contributed by atoms with van der Waals surface area (Å²) < 4.78 is 5.22. The number of aromatic nitrogens is 2. The Bertz CT molecular complexity index is 1070. The molecule has 6 heteroatoms. The Morgan fingerprint density at radius 1 is 0.900 bits per heavy atom. The number of urea groups is 1. The van der Waals surface area contributed by atoms with Crippen molar-refractivity contribution >= 4 is 11.7 Å². The minimum atomic E-state index is -0.290. The van der Waals surface area contributed by atoms with Gasteiger partial charge in [-0.1, -0.05) is 84.0 Å². The lowest BCUT2D eigenvalue weighted by atomic mass is 9.99. The number of nitrogens with zero attached hydrogens (tertiary/aromatic N) is 2. The van der Waals surface area contributed by atoms with Crippen molar-refractivity contribution in [3.63, 3.8) is 0 Å². The van der Waals surface area contributed by atoms with Crippen LogP contribution in [0.2, 0.25) is 0 Å². The van der Waals surface area contributed by atoms with E-state index in [-0.39, 0.29) is 12.1 Å². The van der Waals surface area contributed by atoms with Gasteiger partial charge in [0.1, 0.15) is 0 Å². The zero-order chi connectivity index (χ0) is 20.8. The Morgan fingerprint density at radius 2 is 1.50 bits per heavy atom. The molecule has 0 radical (unpaired) electrons. The van der Waals surface area contributed by atoms with Crippen LogP contribution in [0, 0.1) is 6.92 Å². The highest BCUT2D eigenvalue weighted by Gasteiger charge is 2.17. The Kier molecular flexibility index (Phi) is 5.85. The second-order valence-corrected chi connectivity index (χ2v) is 6.92. The summed E-state index contributed by atoms with van der Waals surface area (Å²) in [5.74, 6) is 1.09. The fourth-order valence-corrected chi connectivity index (χ4v) is 3.31. The van der Waals surface area contributed by atoms with Crippen LogP contribution in [0.25, 0.3) is 0 Å². The van der Waals surface area contributed by atoms with Gasteiger partial charge in [-0.2, -0.15) is 4.98 Å². The van der Waals surface area contributed by atoms with Gasteiger partial charge in [-0.15, -0.1) is 0 Å². The molecule has 0 aliphatic heterocycles. The first-order valence-electron chi connectivity index (χ1n) is 9.73. The summed E-state index contributed by atoms with van der Waals surface area (Å²) >= 11 is 0. The first-order valence-corrected chi connectivity index (χ1v) is 9.73. The van der Waals surface area contributed by atoms with Crippen LogP contribution in [0.5, 0.6) is 0 Å². The van der Waals surface area contributed by atoms with Crippen molar-refractivity contribution in [1.29, 1.82) is 0 Å². The molecule has 1 aromatic heterocycles. The molecule has 6 nitrogen and oxygen atoms in total. The molecule has 0 atom stereocenters. The minimum absolute atomic E-state index is 0.266. The fraction of sp³-hybridized carbons (Fsp3) is 0.125. The largest absolute Gasteiger partial charge is 0.339 e. The predicted molar refractivity (Wildman–Crippen MR) is 115 cm³/mol. The van der Waals surface area contributed by atoms with Gasteiger partial charge in [0.15, 0.2) is 5.82 Å². The Balaban J connectivity index is 1.53. The summed E-state index contributed by atoms with van der Waals surface area (Å²) in [6, 6.07) is 26.8. The van der Waals surface area contributed by atoms with Crippen LogP contribution >= 0.6 is 0 Å². The van der Waals surface area contributed by atoms with E-state index < -0.39 is 0 Å². The van der Waals surface area contributed by atoms with E-state index >= 15 is 0 Å². The van der Waals surface area contributed by atoms with Gasteiger partial charge < -0.3 is 15.2 Å². The maximum atomic E-state index is 12.9. The molecule has 2 N–H and O–H groups in total. The number of carbonyl (C=O) groups is 1. The molecule has 0 fully saturated rings. The van der Waals surface area contributed by atoms with Gasteiger partial charge in [0.05, 0.1) is 12.5 Å². The van der Waals surface area contributed by atoms with E-state index in [4.69, 9.17) is 4.52 Å². The fourth-order valence-electron chi connectivity index (χ4n) is 3.31. The summed E-state index contributed by atoms with van der Waals surface area (Å²) in [6.45, 7) is 1.78. The number of rotatable bonds is 6. The maximum Gasteiger partial charge on any atom is 0.319 e. The molecule has 3 aromatic carbocycles. The van der Waals surface area contributed by atoms with Crippen LogP contribution in [-0.4, -0.2) is 16.2 Å². The van der Waals surface area contributed by atoms with Gasteiger partial charge in [0, 0.05) is 5.69 Å². The average molecular weight is 398 g/mol. The molecule has 0 bridgehead atoms. The first-order chi connectivity index (χ1) is 14.7. The number of carbonyl (C=O) groups excluding carboxylic acids is 1. The van der Waals surface area contributed by atoms with E-state index in [1.165, 1.54) is 0 Å². The molecule has 0 saturated heterocycles. The monoisotopic (exact) mass is 398 g/mol. The lowest BCUT2D eigenvalue weighted by Crippen LogP contribution is -2.33. The standard InChI is InChI=1S/C24H22N4O2/c1-17-25-22(30-28-17)16-20-14-8-9-15-21(20)26-24(29)27-23(18-10-4-2-5-11-18)19-12-6-3-7-13-19/h2-15,23H,16H2,1H3,(H2,26,27,29). The summed E-state index contributed by atoms with van der Waals surface area (Å²) in [4.78, 5) is 17.2. The van der Waals surface area contributed by atoms with Crippen LogP contribution in [0.4, 0.5) is 10.5 Å². The molecule has 30 heavy (non-hydrogen) atoms. The van der Waals surface area contributed by atoms with Gasteiger partial charge in [0.2, 0.25) is 5.89 Å². The van der Waals surface area contributed by atoms with Crippen molar-refractivity contribution in [2.45, 2.75) is 19.4 Å². The SMILES string of the molecule is Cc1noc(Cc2ccccc2NC(=O)NC(c2ccccc2)c2ccccc2)n1. The summed E-state index contributed by atoms with van der Waals surface area (Å²) in [6.07, 6.45) is 0.443. The van der Waals surface area contributed by atoms with Gasteiger partial charge in [-0.3, -0.25) is 0 Å². The number of anilines is 1. The molecule has 0 saturated carbocycles. The van der Waals surface area contributed by atoms with Crippen molar-refractivity contribution < 1.29 is 9.32 Å². The van der Waals surface area contributed by atoms with Crippen LogP contribution in [0.15, 0.2) is 89.5 Å². The lowest BCUT2D eigenvalue weighted by Gasteiger charge is -2.21. The Hall–Kier alpha value is -3.93. The number of amides is 2. The van der Waals surface area contributed by atoms with Crippen molar-refractivity contribution in [3.8, 4) is 0 Å². The Labute approximate surface area is 175 Å². The van der Waals surface area contributed by atoms with Gasteiger partial charge in [-0.05, 0) is 29.7 Å². The molecule has 0 aliphatic rings. The second kappa shape index (κ2) is 9.05. The zero-order valence-corrected chi connectivity index (χ0v) is 16.6.